The number of halogens is 1. The number of hydrogen-bond donors (Lipinski definition) is 1. The molecule has 4 aromatic rings. The molecular formula is C19H15FN4O. The Bertz CT molecular complexity index is 1100. The first-order valence-corrected chi connectivity index (χ1v) is 7.88. The van der Waals surface area contributed by atoms with Gasteiger partial charge in [-0.1, -0.05) is 18.2 Å². The highest BCUT2D eigenvalue weighted by atomic mass is 19.1. The fraction of sp³-hybridized carbons (Fsp3) is 0.105. The Morgan fingerprint density at radius 1 is 1.20 bits per heavy atom. The van der Waals surface area contributed by atoms with Crippen LogP contribution < -0.4 is 5.56 Å². The number of benzene rings is 1. The average Bonchev–Trinajstić information content (AvgIpc) is 3.05. The second kappa shape index (κ2) is 5.98. The summed E-state index contributed by atoms with van der Waals surface area (Å²) >= 11 is 0. The minimum Gasteiger partial charge on any atom is -0.296 e. The van der Waals surface area contributed by atoms with Gasteiger partial charge in [0.05, 0.1) is 0 Å². The standard InChI is InChI=1S/C19H15FN4O/c1-12-16(9-13-4-6-15(20)7-5-13)19(25)24-18(23-12)17(11-22-24)14-3-2-8-21-10-14/h2-8,10-11,22H,9H2,1H3. The van der Waals surface area contributed by atoms with E-state index in [4.69, 9.17) is 0 Å². The fourth-order valence-electron chi connectivity index (χ4n) is 2.90. The quantitative estimate of drug-likeness (QED) is 0.626. The number of aryl methyl sites for hydroxylation is 1. The molecule has 0 aliphatic carbocycles. The second-order valence-corrected chi connectivity index (χ2v) is 5.87. The lowest BCUT2D eigenvalue weighted by Gasteiger charge is -2.07. The lowest BCUT2D eigenvalue weighted by molar-refractivity contribution is 0.627. The molecule has 0 radical (unpaired) electrons. The summed E-state index contributed by atoms with van der Waals surface area (Å²) in [6, 6.07) is 9.90. The number of H-pyrrole nitrogens is 1. The molecule has 124 valence electrons. The van der Waals surface area contributed by atoms with Crippen LogP contribution in [0.5, 0.6) is 0 Å². The number of pyridine rings is 1. The second-order valence-electron chi connectivity index (χ2n) is 5.87. The maximum Gasteiger partial charge on any atom is 0.276 e. The first-order valence-electron chi connectivity index (χ1n) is 7.88. The average molecular weight is 334 g/mol. The van der Waals surface area contributed by atoms with Gasteiger partial charge in [-0.25, -0.2) is 13.9 Å². The molecule has 3 heterocycles. The van der Waals surface area contributed by atoms with Crippen molar-refractivity contribution in [3.63, 3.8) is 0 Å². The maximum absolute atomic E-state index is 13.1. The van der Waals surface area contributed by atoms with Crippen molar-refractivity contribution in [2.75, 3.05) is 0 Å². The molecule has 6 heteroatoms. The van der Waals surface area contributed by atoms with E-state index in [1.165, 1.54) is 16.6 Å². The Morgan fingerprint density at radius 3 is 2.72 bits per heavy atom. The summed E-state index contributed by atoms with van der Waals surface area (Å²) in [5.74, 6) is -0.295. The molecule has 0 fully saturated rings. The molecule has 5 nitrogen and oxygen atoms in total. The van der Waals surface area contributed by atoms with Crippen LogP contribution in [0.3, 0.4) is 0 Å². The van der Waals surface area contributed by atoms with Crippen LogP contribution in [0.25, 0.3) is 16.8 Å². The molecule has 0 aliphatic heterocycles. The predicted molar refractivity (Wildman–Crippen MR) is 93.0 cm³/mol. The van der Waals surface area contributed by atoms with Gasteiger partial charge in [0.15, 0.2) is 5.65 Å². The highest BCUT2D eigenvalue weighted by Crippen LogP contribution is 2.22. The van der Waals surface area contributed by atoms with E-state index in [1.54, 1.807) is 30.7 Å². The largest absolute Gasteiger partial charge is 0.296 e. The van der Waals surface area contributed by atoms with Crippen molar-refractivity contribution in [2.24, 2.45) is 0 Å². The van der Waals surface area contributed by atoms with Crippen LogP contribution in [0, 0.1) is 12.7 Å². The zero-order valence-corrected chi connectivity index (χ0v) is 13.5. The van der Waals surface area contributed by atoms with Crippen molar-refractivity contribution < 1.29 is 4.39 Å². The molecule has 1 aromatic carbocycles. The SMILES string of the molecule is Cc1nc2c(-c3cccnc3)c[nH]n2c(=O)c1Cc1ccc(F)cc1. The Morgan fingerprint density at radius 2 is 2.00 bits per heavy atom. The van der Waals surface area contributed by atoms with Crippen molar-refractivity contribution in [1.82, 2.24) is 19.6 Å². The van der Waals surface area contributed by atoms with E-state index in [2.05, 4.69) is 15.1 Å². The van der Waals surface area contributed by atoms with Crippen LogP contribution in [-0.2, 0) is 6.42 Å². The van der Waals surface area contributed by atoms with Crippen LogP contribution in [-0.4, -0.2) is 19.6 Å². The zero-order valence-electron chi connectivity index (χ0n) is 13.5. The predicted octanol–water partition coefficient (Wildman–Crippen LogP) is 3.12. The van der Waals surface area contributed by atoms with Crippen LogP contribution in [0.4, 0.5) is 4.39 Å². The third-order valence-electron chi connectivity index (χ3n) is 4.23. The number of nitrogens with zero attached hydrogens (tertiary/aromatic N) is 3. The van der Waals surface area contributed by atoms with Gasteiger partial charge in [-0.3, -0.25) is 14.9 Å². The normalized spacial score (nSPS) is 11.1. The Balaban J connectivity index is 1.83. The lowest BCUT2D eigenvalue weighted by Crippen LogP contribution is -2.22. The van der Waals surface area contributed by atoms with Gasteiger partial charge in [0, 0.05) is 47.4 Å². The van der Waals surface area contributed by atoms with Gasteiger partial charge in [0.25, 0.3) is 5.56 Å². The first kappa shape index (κ1) is 15.3. The third-order valence-corrected chi connectivity index (χ3v) is 4.23. The zero-order chi connectivity index (χ0) is 17.4. The van der Waals surface area contributed by atoms with E-state index in [-0.39, 0.29) is 11.4 Å². The molecule has 0 aliphatic rings. The Hall–Kier alpha value is -3.28. The van der Waals surface area contributed by atoms with E-state index in [0.717, 1.165) is 16.7 Å². The molecular weight excluding hydrogens is 319 g/mol. The van der Waals surface area contributed by atoms with Crippen LogP contribution >= 0.6 is 0 Å². The fourth-order valence-corrected chi connectivity index (χ4v) is 2.90. The van der Waals surface area contributed by atoms with Crippen molar-refractivity contribution in [3.8, 4) is 11.1 Å². The van der Waals surface area contributed by atoms with Gasteiger partial charge in [-0.15, -0.1) is 0 Å². The summed E-state index contributed by atoms with van der Waals surface area (Å²) in [6.45, 7) is 1.82. The van der Waals surface area contributed by atoms with Crippen LogP contribution in [0.1, 0.15) is 16.8 Å². The number of aromatic nitrogens is 4. The Labute approximate surface area is 142 Å². The molecule has 0 saturated heterocycles. The summed E-state index contributed by atoms with van der Waals surface area (Å²) in [5, 5.41) is 2.97. The third kappa shape index (κ3) is 2.71. The molecule has 3 aromatic heterocycles. The monoisotopic (exact) mass is 334 g/mol. The Kier molecular flexibility index (Phi) is 3.65. The molecule has 25 heavy (non-hydrogen) atoms. The van der Waals surface area contributed by atoms with Crippen molar-refractivity contribution in [3.05, 3.63) is 88.0 Å². The minimum absolute atomic E-state index is 0.151. The van der Waals surface area contributed by atoms with Gasteiger partial charge >= 0.3 is 0 Å². The molecule has 0 bridgehead atoms. The van der Waals surface area contributed by atoms with Gasteiger partial charge in [-0.2, -0.15) is 0 Å². The van der Waals surface area contributed by atoms with Crippen LogP contribution in [0.2, 0.25) is 0 Å². The molecule has 0 atom stereocenters. The lowest BCUT2D eigenvalue weighted by atomic mass is 10.0. The molecule has 0 spiro atoms. The number of nitrogens with one attached hydrogen (secondary N) is 1. The number of fused-ring (bicyclic) bond motifs is 1. The van der Waals surface area contributed by atoms with Crippen molar-refractivity contribution >= 4 is 5.65 Å². The van der Waals surface area contributed by atoms with E-state index in [0.29, 0.717) is 23.3 Å². The van der Waals surface area contributed by atoms with Crippen molar-refractivity contribution in [2.45, 2.75) is 13.3 Å². The molecule has 4 rings (SSSR count). The highest BCUT2D eigenvalue weighted by Gasteiger charge is 2.15. The van der Waals surface area contributed by atoms with E-state index in [1.807, 2.05) is 19.1 Å². The molecule has 0 amide bonds. The summed E-state index contributed by atoms with van der Waals surface area (Å²) in [4.78, 5) is 21.6. The number of hydrogen-bond acceptors (Lipinski definition) is 3. The highest BCUT2D eigenvalue weighted by molar-refractivity contribution is 5.76. The van der Waals surface area contributed by atoms with Crippen LogP contribution in [0.15, 0.2) is 59.8 Å². The molecule has 0 saturated carbocycles. The van der Waals surface area contributed by atoms with Gasteiger partial charge in [-0.05, 0) is 30.7 Å². The van der Waals surface area contributed by atoms with E-state index < -0.39 is 0 Å². The van der Waals surface area contributed by atoms with Gasteiger partial charge < -0.3 is 0 Å². The van der Waals surface area contributed by atoms with Gasteiger partial charge in [0.1, 0.15) is 5.82 Å². The first-order chi connectivity index (χ1) is 12.1. The van der Waals surface area contributed by atoms with E-state index in [9.17, 15) is 9.18 Å². The van der Waals surface area contributed by atoms with E-state index >= 15 is 0 Å². The summed E-state index contributed by atoms with van der Waals surface area (Å²) < 4.78 is 14.5. The summed E-state index contributed by atoms with van der Waals surface area (Å²) in [6.07, 6.45) is 5.59. The minimum atomic E-state index is -0.295. The van der Waals surface area contributed by atoms with Gasteiger partial charge in [0.2, 0.25) is 0 Å². The number of rotatable bonds is 3. The molecule has 1 N–H and O–H groups in total. The van der Waals surface area contributed by atoms with Crippen molar-refractivity contribution in [1.29, 1.82) is 0 Å². The summed E-state index contributed by atoms with van der Waals surface area (Å²) in [5.41, 5.74) is 4.24. The topological polar surface area (TPSA) is 63.1 Å². The summed E-state index contributed by atoms with van der Waals surface area (Å²) in [7, 11) is 0. The number of aromatic amines is 1. The molecule has 0 unspecified atom stereocenters. The smallest absolute Gasteiger partial charge is 0.276 e. The maximum atomic E-state index is 13.1.